The molecule has 1 aromatic rings. The van der Waals surface area contributed by atoms with Crippen LogP contribution < -0.4 is 10.3 Å². The van der Waals surface area contributed by atoms with Crippen LogP contribution in [0.4, 0.5) is 13.2 Å². The number of methoxy groups -OCH3 is 1. The van der Waals surface area contributed by atoms with Crippen molar-refractivity contribution >= 4 is 0 Å². The number of hydrogen-bond donors (Lipinski definition) is 1. The van der Waals surface area contributed by atoms with Crippen molar-refractivity contribution in [3.63, 3.8) is 0 Å². The maximum Gasteiger partial charge on any atom is 0.272 e. The largest absolute Gasteiger partial charge is 0.492 e. The number of rotatable bonds is 2. The van der Waals surface area contributed by atoms with E-state index in [9.17, 15) is 18.0 Å². The van der Waals surface area contributed by atoms with Gasteiger partial charge in [-0.2, -0.15) is 0 Å². The van der Waals surface area contributed by atoms with Crippen LogP contribution in [-0.2, 0) is 0 Å². The summed E-state index contributed by atoms with van der Waals surface area (Å²) in [5.74, 6) is -1.73. The SMILES string of the molecule is COc1c[nH]c(=O)c(C(F)F)c1F. The zero-order chi connectivity index (χ0) is 10.0. The minimum atomic E-state index is -3.15. The van der Waals surface area contributed by atoms with Gasteiger partial charge in [0.15, 0.2) is 11.6 Å². The smallest absolute Gasteiger partial charge is 0.272 e. The van der Waals surface area contributed by atoms with E-state index in [-0.39, 0.29) is 0 Å². The number of alkyl halides is 2. The third kappa shape index (κ3) is 1.66. The highest BCUT2D eigenvalue weighted by Gasteiger charge is 2.21. The fourth-order valence-electron chi connectivity index (χ4n) is 0.848. The van der Waals surface area contributed by atoms with Crippen LogP contribution in [0.2, 0.25) is 0 Å². The molecule has 0 atom stereocenters. The molecule has 0 unspecified atom stereocenters. The van der Waals surface area contributed by atoms with Crippen LogP contribution in [0, 0.1) is 5.82 Å². The third-order valence-electron chi connectivity index (χ3n) is 1.47. The van der Waals surface area contributed by atoms with E-state index in [1.807, 2.05) is 4.98 Å². The summed E-state index contributed by atoms with van der Waals surface area (Å²) in [6.45, 7) is 0. The van der Waals surface area contributed by atoms with Gasteiger partial charge in [-0.05, 0) is 0 Å². The quantitative estimate of drug-likeness (QED) is 0.772. The van der Waals surface area contributed by atoms with Gasteiger partial charge in [-0.1, -0.05) is 0 Å². The lowest BCUT2D eigenvalue weighted by molar-refractivity contribution is 0.143. The van der Waals surface area contributed by atoms with Crippen LogP contribution >= 0.6 is 0 Å². The molecule has 0 amide bonds. The molecule has 0 radical (unpaired) electrons. The van der Waals surface area contributed by atoms with Gasteiger partial charge in [0.25, 0.3) is 12.0 Å². The summed E-state index contributed by atoms with van der Waals surface area (Å²) >= 11 is 0. The fourth-order valence-corrected chi connectivity index (χ4v) is 0.848. The Kier molecular flexibility index (Phi) is 2.60. The van der Waals surface area contributed by atoms with Gasteiger partial charge in [0, 0.05) is 6.20 Å². The van der Waals surface area contributed by atoms with Gasteiger partial charge in [-0.25, -0.2) is 13.2 Å². The van der Waals surface area contributed by atoms with Gasteiger partial charge < -0.3 is 9.72 Å². The summed E-state index contributed by atoms with van der Waals surface area (Å²) in [5.41, 5.74) is -2.34. The van der Waals surface area contributed by atoms with Crippen molar-refractivity contribution in [3.05, 3.63) is 27.9 Å². The number of aromatic nitrogens is 1. The number of halogens is 3. The number of pyridine rings is 1. The van der Waals surface area contributed by atoms with Gasteiger partial charge in [0.1, 0.15) is 5.56 Å². The predicted molar refractivity (Wildman–Crippen MR) is 38.5 cm³/mol. The normalized spacial score (nSPS) is 10.5. The molecule has 1 aromatic heterocycles. The molecule has 1 heterocycles. The summed E-state index contributed by atoms with van der Waals surface area (Å²) in [7, 11) is 1.12. The second kappa shape index (κ2) is 3.51. The molecule has 0 fully saturated rings. The first-order valence-corrected chi connectivity index (χ1v) is 3.31. The Morgan fingerprint density at radius 2 is 2.15 bits per heavy atom. The Morgan fingerprint density at radius 1 is 1.54 bits per heavy atom. The average Bonchev–Trinajstić information content (AvgIpc) is 2.04. The van der Waals surface area contributed by atoms with Crippen molar-refractivity contribution in [1.29, 1.82) is 0 Å². The number of aromatic amines is 1. The maximum atomic E-state index is 13.0. The maximum absolute atomic E-state index is 13.0. The summed E-state index contributed by atoms with van der Waals surface area (Å²) in [6, 6.07) is 0. The highest BCUT2D eigenvalue weighted by molar-refractivity contribution is 5.27. The first-order valence-electron chi connectivity index (χ1n) is 3.31. The molecule has 0 spiro atoms. The molecule has 0 aliphatic carbocycles. The minimum absolute atomic E-state index is 0.408. The average molecular weight is 193 g/mol. The molecule has 0 aliphatic rings. The molecule has 3 nitrogen and oxygen atoms in total. The molecule has 1 N–H and O–H groups in total. The number of nitrogens with one attached hydrogen (secondary N) is 1. The van der Waals surface area contributed by atoms with Crippen LogP contribution in [0.5, 0.6) is 5.75 Å². The van der Waals surface area contributed by atoms with Crippen molar-refractivity contribution in [1.82, 2.24) is 4.98 Å². The summed E-state index contributed by atoms with van der Waals surface area (Å²) in [4.78, 5) is 12.7. The number of ether oxygens (including phenoxy) is 1. The number of H-pyrrole nitrogens is 1. The molecule has 0 aromatic carbocycles. The monoisotopic (exact) mass is 193 g/mol. The Bertz CT molecular complexity index is 361. The summed E-state index contributed by atoms with van der Waals surface area (Å²) < 4.78 is 41.6. The van der Waals surface area contributed by atoms with E-state index in [2.05, 4.69) is 4.74 Å². The van der Waals surface area contributed by atoms with Crippen molar-refractivity contribution in [2.24, 2.45) is 0 Å². The lowest BCUT2D eigenvalue weighted by atomic mass is 10.2. The first-order chi connectivity index (χ1) is 6.07. The van der Waals surface area contributed by atoms with E-state index in [4.69, 9.17) is 0 Å². The molecule has 0 saturated heterocycles. The van der Waals surface area contributed by atoms with Gasteiger partial charge >= 0.3 is 0 Å². The Morgan fingerprint density at radius 3 is 2.62 bits per heavy atom. The van der Waals surface area contributed by atoms with Crippen LogP contribution in [0.1, 0.15) is 12.0 Å². The van der Waals surface area contributed by atoms with E-state index in [0.717, 1.165) is 13.3 Å². The highest BCUT2D eigenvalue weighted by Crippen LogP contribution is 2.23. The van der Waals surface area contributed by atoms with Gasteiger partial charge in [0.05, 0.1) is 7.11 Å². The molecular formula is C7H6F3NO2. The van der Waals surface area contributed by atoms with E-state index in [0.29, 0.717) is 0 Å². The Hall–Kier alpha value is -1.46. The van der Waals surface area contributed by atoms with Gasteiger partial charge in [0.2, 0.25) is 0 Å². The van der Waals surface area contributed by atoms with E-state index < -0.39 is 29.1 Å². The summed E-state index contributed by atoms with van der Waals surface area (Å²) in [5, 5.41) is 0. The number of hydrogen-bond acceptors (Lipinski definition) is 2. The minimum Gasteiger partial charge on any atom is -0.492 e. The highest BCUT2D eigenvalue weighted by atomic mass is 19.3. The topological polar surface area (TPSA) is 42.1 Å². The molecule has 72 valence electrons. The summed E-state index contributed by atoms with van der Waals surface area (Å²) in [6.07, 6.45) is -2.26. The fraction of sp³-hybridized carbons (Fsp3) is 0.286. The molecule has 13 heavy (non-hydrogen) atoms. The predicted octanol–water partition coefficient (Wildman–Crippen LogP) is 1.46. The first kappa shape index (κ1) is 9.63. The zero-order valence-electron chi connectivity index (χ0n) is 6.61. The lowest BCUT2D eigenvalue weighted by Crippen LogP contribution is -2.15. The van der Waals surface area contributed by atoms with Gasteiger partial charge in [-0.15, -0.1) is 0 Å². The van der Waals surface area contributed by atoms with Gasteiger partial charge in [-0.3, -0.25) is 4.79 Å². The van der Waals surface area contributed by atoms with E-state index >= 15 is 0 Å². The molecule has 1 rings (SSSR count). The third-order valence-corrected chi connectivity index (χ3v) is 1.47. The second-order valence-electron chi connectivity index (χ2n) is 2.21. The molecule has 0 aliphatic heterocycles. The molecule has 0 saturated carbocycles. The van der Waals surface area contributed by atoms with Crippen molar-refractivity contribution in [3.8, 4) is 5.75 Å². The van der Waals surface area contributed by atoms with E-state index in [1.165, 1.54) is 0 Å². The molecule has 0 bridgehead atoms. The van der Waals surface area contributed by atoms with Crippen molar-refractivity contribution in [2.75, 3.05) is 7.11 Å². The van der Waals surface area contributed by atoms with Crippen LogP contribution in [-0.4, -0.2) is 12.1 Å². The van der Waals surface area contributed by atoms with Crippen molar-refractivity contribution < 1.29 is 17.9 Å². The lowest BCUT2D eigenvalue weighted by Gasteiger charge is -2.04. The van der Waals surface area contributed by atoms with Crippen LogP contribution in [0.15, 0.2) is 11.0 Å². The van der Waals surface area contributed by atoms with Crippen LogP contribution in [0.25, 0.3) is 0 Å². The molecule has 6 heteroatoms. The van der Waals surface area contributed by atoms with Crippen molar-refractivity contribution in [2.45, 2.75) is 6.43 Å². The Labute approximate surface area is 71.2 Å². The van der Waals surface area contributed by atoms with E-state index in [1.54, 1.807) is 0 Å². The zero-order valence-corrected chi connectivity index (χ0v) is 6.61. The van der Waals surface area contributed by atoms with Crippen LogP contribution in [0.3, 0.4) is 0 Å². The second-order valence-corrected chi connectivity index (χ2v) is 2.21. The standard InChI is InChI=1S/C7H6F3NO2/c1-13-3-2-11-7(12)4(5(3)8)6(9)10/h2,6H,1H3,(H,11,12). The molecular weight excluding hydrogens is 187 g/mol. The Balaban J connectivity index is 3.39.